The number of hydrogen-bond donors (Lipinski definition) is 1. The van der Waals surface area contributed by atoms with Crippen LogP contribution in [0.25, 0.3) is 0 Å². The normalized spacial score (nSPS) is 9.50. The van der Waals surface area contributed by atoms with Crippen molar-refractivity contribution in [3.05, 3.63) is 24.3 Å². The predicted molar refractivity (Wildman–Crippen MR) is 52.5 cm³/mol. The molecule has 0 spiro atoms. The number of rotatable bonds is 2. The van der Waals surface area contributed by atoms with Gasteiger partial charge in [-0.3, -0.25) is 4.79 Å². The van der Waals surface area contributed by atoms with Crippen molar-refractivity contribution in [2.75, 3.05) is 5.32 Å². The quantitative estimate of drug-likeness (QED) is 0.797. The van der Waals surface area contributed by atoms with E-state index in [4.69, 9.17) is 10.7 Å². The first-order chi connectivity index (χ1) is 5.72. The Morgan fingerprint density at radius 1 is 1.42 bits per heavy atom. The number of nitrogens with one attached hydrogen (secondary N) is 1. The molecule has 0 aliphatic heterocycles. The molecule has 2 nitrogen and oxygen atoms in total. The Hall–Kier alpha value is -0.670. The molecule has 12 heavy (non-hydrogen) atoms. The van der Waals surface area contributed by atoms with Crippen molar-refractivity contribution in [3.63, 3.8) is 0 Å². The summed E-state index contributed by atoms with van der Waals surface area (Å²) >= 11 is 0. The van der Waals surface area contributed by atoms with Gasteiger partial charge in [-0.15, -0.1) is 0 Å². The Kier molecular flexibility index (Phi) is 3.44. The molecule has 0 saturated heterocycles. The summed E-state index contributed by atoms with van der Waals surface area (Å²) < 4.78 is 0. The molecule has 0 saturated carbocycles. The molecular weight excluding hydrogens is 194 g/mol. The van der Waals surface area contributed by atoms with Gasteiger partial charge >= 0.3 is 0 Å². The van der Waals surface area contributed by atoms with Crippen molar-refractivity contribution in [2.45, 2.75) is 11.8 Å². The van der Waals surface area contributed by atoms with Gasteiger partial charge in [-0.2, -0.15) is 0 Å². The largest absolute Gasteiger partial charge is 0.326 e. The Morgan fingerprint density at radius 2 is 2.00 bits per heavy atom. The van der Waals surface area contributed by atoms with Crippen LogP contribution in [-0.4, -0.2) is 5.91 Å². The Balaban J connectivity index is 2.71. The molecule has 1 rings (SSSR count). The first kappa shape index (κ1) is 9.42. The second kappa shape index (κ2) is 4.38. The van der Waals surface area contributed by atoms with Crippen LogP contribution in [0.3, 0.4) is 0 Å². The van der Waals surface area contributed by atoms with Crippen molar-refractivity contribution in [1.82, 2.24) is 0 Å². The highest BCUT2D eigenvalue weighted by Gasteiger charge is 1.94. The average molecular weight is 202 g/mol. The van der Waals surface area contributed by atoms with Crippen molar-refractivity contribution in [3.8, 4) is 0 Å². The van der Waals surface area contributed by atoms with Gasteiger partial charge in [0.15, 0.2) is 0 Å². The molecular formula is C8H8ClNOS. The van der Waals surface area contributed by atoms with Crippen LogP contribution in [0.2, 0.25) is 0 Å². The summed E-state index contributed by atoms with van der Waals surface area (Å²) in [7, 11) is 6.67. The molecule has 0 radical (unpaired) electrons. The predicted octanol–water partition coefficient (Wildman–Crippen LogP) is 2.89. The molecule has 0 aliphatic carbocycles. The minimum absolute atomic E-state index is 0.0683. The van der Waals surface area contributed by atoms with Gasteiger partial charge in [0.05, 0.1) is 0 Å². The van der Waals surface area contributed by atoms with Crippen LogP contribution in [0.15, 0.2) is 29.2 Å². The maximum Gasteiger partial charge on any atom is 0.221 e. The van der Waals surface area contributed by atoms with E-state index in [-0.39, 0.29) is 5.91 Å². The van der Waals surface area contributed by atoms with Crippen LogP contribution in [0.1, 0.15) is 6.92 Å². The molecule has 1 aromatic rings. The molecule has 0 atom stereocenters. The van der Waals surface area contributed by atoms with E-state index in [9.17, 15) is 4.79 Å². The minimum Gasteiger partial charge on any atom is -0.326 e. The van der Waals surface area contributed by atoms with Gasteiger partial charge in [0.25, 0.3) is 0 Å². The number of amides is 1. The summed E-state index contributed by atoms with van der Waals surface area (Å²) in [6.45, 7) is 1.48. The summed E-state index contributed by atoms with van der Waals surface area (Å²) in [6, 6.07) is 7.32. The minimum atomic E-state index is -0.0683. The second-order valence-electron chi connectivity index (χ2n) is 2.28. The highest BCUT2D eigenvalue weighted by atomic mass is 35.7. The zero-order chi connectivity index (χ0) is 8.97. The highest BCUT2D eigenvalue weighted by Crippen LogP contribution is 2.22. The second-order valence-corrected chi connectivity index (χ2v) is 3.37. The van der Waals surface area contributed by atoms with Crippen LogP contribution < -0.4 is 5.32 Å². The lowest BCUT2D eigenvalue weighted by Crippen LogP contribution is -2.05. The Bertz CT molecular complexity index is 273. The van der Waals surface area contributed by atoms with E-state index < -0.39 is 0 Å². The van der Waals surface area contributed by atoms with E-state index in [1.165, 1.54) is 6.92 Å². The number of carbonyl (C=O) groups excluding carboxylic acids is 1. The van der Waals surface area contributed by atoms with Crippen molar-refractivity contribution >= 4 is 33.3 Å². The van der Waals surface area contributed by atoms with Crippen LogP contribution in [0, 0.1) is 0 Å². The molecule has 1 aromatic carbocycles. The van der Waals surface area contributed by atoms with Crippen molar-refractivity contribution < 1.29 is 4.79 Å². The summed E-state index contributed by atoms with van der Waals surface area (Å²) in [6.07, 6.45) is 0. The fourth-order valence-corrected chi connectivity index (χ4v) is 1.34. The van der Waals surface area contributed by atoms with Crippen molar-refractivity contribution in [2.24, 2.45) is 0 Å². The Morgan fingerprint density at radius 3 is 2.42 bits per heavy atom. The maximum atomic E-state index is 10.6. The first-order valence-electron chi connectivity index (χ1n) is 3.38. The molecule has 0 bridgehead atoms. The number of benzene rings is 1. The monoisotopic (exact) mass is 201 g/mol. The summed E-state index contributed by atoms with van der Waals surface area (Å²) in [5, 5.41) is 2.66. The van der Waals surface area contributed by atoms with E-state index in [2.05, 4.69) is 5.32 Å². The molecule has 0 fully saturated rings. The lowest BCUT2D eigenvalue weighted by Gasteiger charge is -2.01. The zero-order valence-corrected chi connectivity index (χ0v) is 8.08. The van der Waals surface area contributed by atoms with Crippen LogP contribution in [0.5, 0.6) is 0 Å². The standard InChI is InChI=1S/C8H8ClNOS/c1-6(11)10-7-2-4-8(12-9)5-3-7/h2-5H,1H3,(H,10,11). The van der Waals surface area contributed by atoms with E-state index in [1.807, 2.05) is 24.3 Å². The molecule has 0 aliphatic rings. The summed E-state index contributed by atoms with van der Waals surface area (Å²) in [5.74, 6) is -0.0683. The molecule has 0 unspecified atom stereocenters. The topological polar surface area (TPSA) is 29.1 Å². The third-order valence-corrected chi connectivity index (χ3v) is 2.25. The van der Waals surface area contributed by atoms with Gasteiger partial charge in [-0.25, -0.2) is 0 Å². The van der Waals surface area contributed by atoms with Crippen LogP contribution >= 0.6 is 21.7 Å². The molecule has 1 N–H and O–H groups in total. The fourth-order valence-electron chi connectivity index (χ4n) is 0.793. The zero-order valence-electron chi connectivity index (χ0n) is 6.50. The van der Waals surface area contributed by atoms with Crippen molar-refractivity contribution in [1.29, 1.82) is 0 Å². The first-order valence-corrected chi connectivity index (χ1v) is 5.03. The van der Waals surface area contributed by atoms with E-state index >= 15 is 0 Å². The van der Waals surface area contributed by atoms with Gasteiger partial charge in [0, 0.05) is 17.5 Å². The third kappa shape index (κ3) is 2.75. The number of halogens is 1. The summed E-state index contributed by atoms with van der Waals surface area (Å²) in [4.78, 5) is 11.6. The Labute approximate surface area is 79.8 Å². The molecule has 0 heterocycles. The lowest BCUT2D eigenvalue weighted by molar-refractivity contribution is -0.114. The molecule has 0 aromatic heterocycles. The van der Waals surface area contributed by atoms with Gasteiger partial charge in [0.2, 0.25) is 5.91 Å². The maximum absolute atomic E-state index is 10.6. The van der Waals surface area contributed by atoms with Crippen LogP contribution in [0.4, 0.5) is 5.69 Å². The van der Waals surface area contributed by atoms with E-state index in [1.54, 1.807) is 0 Å². The number of anilines is 1. The summed E-state index contributed by atoms with van der Waals surface area (Å²) in [5.41, 5.74) is 0.789. The van der Waals surface area contributed by atoms with Gasteiger partial charge < -0.3 is 5.32 Å². The van der Waals surface area contributed by atoms with Crippen LogP contribution in [-0.2, 0) is 4.79 Å². The fraction of sp³-hybridized carbons (Fsp3) is 0.125. The van der Waals surface area contributed by atoms with E-state index in [0.717, 1.165) is 21.6 Å². The molecule has 64 valence electrons. The van der Waals surface area contributed by atoms with Gasteiger partial charge in [0.1, 0.15) is 0 Å². The highest BCUT2D eigenvalue weighted by molar-refractivity contribution is 8.21. The average Bonchev–Trinajstić information content (AvgIpc) is 2.05. The van der Waals surface area contributed by atoms with E-state index in [0.29, 0.717) is 0 Å². The number of carbonyl (C=O) groups is 1. The number of hydrogen-bond acceptors (Lipinski definition) is 2. The smallest absolute Gasteiger partial charge is 0.221 e. The lowest BCUT2D eigenvalue weighted by atomic mass is 10.3. The third-order valence-electron chi connectivity index (χ3n) is 1.26. The molecule has 4 heteroatoms. The van der Waals surface area contributed by atoms with Gasteiger partial charge in [-0.1, -0.05) is 0 Å². The SMILES string of the molecule is CC(=O)Nc1ccc(SCl)cc1. The molecule has 1 amide bonds. The van der Waals surface area contributed by atoms with Gasteiger partial charge in [-0.05, 0) is 45.9 Å².